The highest BCUT2D eigenvalue weighted by molar-refractivity contribution is 4.94. The third-order valence-electron chi connectivity index (χ3n) is 4.89. The van der Waals surface area contributed by atoms with Gasteiger partial charge in [0.05, 0.1) is 5.60 Å². The van der Waals surface area contributed by atoms with Crippen molar-refractivity contribution in [2.24, 2.45) is 5.92 Å². The van der Waals surface area contributed by atoms with Gasteiger partial charge in [0.1, 0.15) is 0 Å². The zero-order valence-corrected chi connectivity index (χ0v) is 10.3. The van der Waals surface area contributed by atoms with Crippen LogP contribution >= 0.6 is 0 Å². The van der Waals surface area contributed by atoms with E-state index in [1.807, 2.05) is 0 Å². The number of piperidine rings is 1. The summed E-state index contributed by atoms with van der Waals surface area (Å²) in [6.07, 6.45) is 12.4. The molecule has 16 heavy (non-hydrogen) atoms. The quantitative estimate of drug-likeness (QED) is 0.777. The van der Waals surface area contributed by atoms with Crippen molar-refractivity contribution in [3.63, 3.8) is 0 Å². The fourth-order valence-electron chi connectivity index (χ4n) is 3.78. The van der Waals surface area contributed by atoms with Gasteiger partial charge < -0.3 is 10.1 Å². The smallest absolute Gasteiger partial charge is 0.0685 e. The molecule has 2 heteroatoms. The van der Waals surface area contributed by atoms with Crippen LogP contribution in [-0.2, 0) is 4.74 Å². The minimum Gasteiger partial charge on any atom is -0.375 e. The van der Waals surface area contributed by atoms with Crippen LogP contribution in [0.1, 0.15) is 57.8 Å². The SMILES string of the molecule is C1CCC(CC2CCOC3(CCC3)C2)NC1. The molecule has 2 heterocycles. The third kappa shape index (κ3) is 2.28. The molecule has 0 aromatic heterocycles. The largest absolute Gasteiger partial charge is 0.375 e. The number of nitrogens with one attached hydrogen (secondary N) is 1. The molecule has 1 saturated carbocycles. The molecule has 0 bridgehead atoms. The maximum absolute atomic E-state index is 6.00. The molecule has 2 unspecified atom stereocenters. The molecule has 2 aliphatic heterocycles. The summed E-state index contributed by atoms with van der Waals surface area (Å²) < 4.78 is 6.00. The molecule has 2 nitrogen and oxygen atoms in total. The lowest BCUT2D eigenvalue weighted by Gasteiger charge is -2.48. The van der Waals surface area contributed by atoms with Gasteiger partial charge in [-0.2, -0.15) is 0 Å². The molecule has 0 radical (unpaired) electrons. The van der Waals surface area contributed by atoms with E-state index in [-0.39, 0.29) is 0 Å². The molecule has 1 aliphatic carbocycles. The first-order valence-corrected chi connectivity index (χ1v) is 7.24. The van der Waals surface area contributed by atoms with Gasteiger partial charge in [0.25, 0.3) is 0 Å². The lowest BCUT2D eigenvalue weighted by Crippen LogP contribution is -2.47. The van der Waals surface area contributed by atoms with E-state index in [0.29, 0.717) is 5.60 Å². The minimum atomic E-state index is 0.345. The van der Waals surface area contributed by atoms with Crippen molar-refractivity contribution in [1.29, 1.82) is 0 Å². The average molecular weight is 223 g/mol. The predicted octanol–water partition coefficient (Wildman–Crippen LogP) is 2.87. The van der Waals surface area contributed by atoms with Gasteiger partial charge in [0, 0.05) is 12.6 Å². The van der Waals surface area contributed by atoms with Gasteiger partial charge in [0.15, 0.2) is 0 Å². The molecule has 0 aromatic rings. The first kappa shape index (κ1) is 11.0. The Labute approximate surface area is 99.1 Å². The van der Waals surface area contributed by atoms with Crippen molar-refractivity contribution in [1.82, 2.24) is 5.32 Å². The molecule has 0 aromatic carbocycles. The summed E-state index contributed by atoms with van der Waals surface area (Å²) in [5, 5.41) is 3.69. The highest BCUT2D eigenvalue weighted by Crippen LogP contribution is 2.45. The Bertz CT molecular complexity index is 231. The first-order valence-electron chi connectivity index (χ1n) is 7.24. The van der Waals surface area contributed by atoms with Crippen LogP contribution in [0.5, 0.6) is 0 Å². The van der Waals surface area contributed by atoms with E-state index < -0.39 is 0 Å². The third-order valence-corrected chi connectivity index (χ3v) is 4.89. The Morgan fingerprint density at radius 2 is 2.06 bits per heavy atom. The molecule has 3 aliphatic rings. The average Bonchev–Trinajstić information content (AvgIpc) is 2.29. The standard InChI is InChI=1S/C14H25NO/c1-2-8-15-13(4-1)10-12-5-9-16-14(11-12)6-3-7-14/h12-13,15H,1-11H2. The Balaban J connectivity index is 1.50. The van der Waals surface area contributed by atoms with E-state index in [2.05, 4.69) is 5.32 Å². The Morgan fingerprint density at radius 1 is 1.12 bits per heavy atom. The molecule has 2 saturated heterocycles. The second-order valence-corrected chi connectivity index (χ2v) is 6.13. The Kier molecular flexibility index (Phi) is 3.21. The van der Waals surface area contributed by atoms with Crippen LogP contribution < -0.4 is 5.32 Å². The maximum Gasteiger partial charge on any atom is 0.0685 e. The second kappa shape index (κ2) is 4.66. The van der Waals surface area contributed by atoms with Gasteiger partial charge in [-0.3, -0.25) is 0 Å². The Hall–Kier alpha value is -0.0800. The lowest BCUT2D eigenvalue weighted by atomic mass is 9.70. The fourth-order valence-corrected chi connectivity index (χ4v) is 3.78. The summed E-state index contributed by atoms with van der Waals surface area (Å²) in [6.45, 7) is 2.27. The van der Waals surface area contributed by atoms with E-state index in [1.54, 1.807) is 0 Å². The number of rotatable bonds is 2. The van der Waals surface area contributed by atoms with Crippen LogP contribution in [0.2, 0.25) is 0 Å². The second-order valence-electron chi connectivity index (χ2n) is 6.13. The van der Waals surface area contributed by atoms with E-state index in [0.717, 1.165) is 18.6 Å². The predicted molar refractivity (Wildman–Crippen MR) is 65.5 cm³/mol. The highest BCUT2D eigenvalue weighted by atomic mass is 16.5. The van der Waals surface area contributed by atoms with E-state index in [4.69, 9.17) is 4.74 Å². The zero-order valence-electron chi connectivity index (χ0n) is 10.3. The molecule has 92 valence electrons. The molecular weight excluding hydrogens is 198 g/mol. The molecule has 3 rings (SSSR count). The number of ether oxygens (including phenoxy) is 1. The lowest BCUT2D eigenvalue weighted by molar-refractivity contribution is -0.144. The van der Waals surface area contributed by atoms with Gasteiger partial charge in [0.2, 0.25) is 0 Å². The van der Waals surface area contributed by atoms with E-state index in [1.165, 1.54) is 64.3 Å². The van der Waals surface area contributed by atoms with Gasteiger partial charge in [-0.25, -0.2) is 0 Å². The van der Waals surface area contributed by atoms with Gasteiger partial charge in [-0.1, -0.05) is 6.42 Å². The van der Waals surface area contributed by atoms with Crippen LogP contribution in [0.15, 0.2) is 0 Å². The van der Waals surface area contributed by atoms with Gasteiger partial charge in [-0.05, 0) is 63.8 Å². The monoisotopic (exact) mass is 223 g/mol. The summed E-state index contributed by atoms with van der Waals surface area (Å²) >= 11 is 0. The van der Waals surface area contributed by atoms with Crippen molar-refractivity contribution >= 4 is 0 Å². The van der Waals surface area contributed by atoms with Crippen LogP contribution in [0.3, 0.4) is 0 Å². The molecular formula is C14H25NO. The Morgan fingerprint density at radius 3 is 2.75 bits per heavy atom. The van der Waals surface area contributed by atoms with Crippen molar-refractivity contribution in [2.45, 2.75) is 69.4 Å². The van der Waals surface area contributed by atoms with Gasteiger partial charge >= 0.3 is 0 Å². The fraction of sp³-hybridized carbons (Fsp3) is 1.00. The molecule has 1 N–H and O–H groups in total. The first-order chi connectivity index (χ1) is 7.86. The van der Waals surface area contributed by atoms with Crippen LogP contribution in [0.25, 0.3) is 0 Å². The van der Waals surface area contributed by atoms with Crippen molar-refractivity contribution in [2.75, 3.05) is 13.2 Å². The molecule has 3 fully saturated rings. The van der Waals surface area contributed by atoms with Crippen molar-refractivity contribution in [3.8, 4) is 0 Å². The molecule has 0 amide bonds. The van der Waals surface area contributed by atoms with E-state index in [9.17, 15) is 0 Å². The summed E-state index contributed by atoms with van der Waals surface area (Å²) in [5.41, 5.74) is 0.345. The van der Waals surface area contributed by atoms with Crippen LogP contribution in [0.4, 0.5) is 0 Å². The topological polar surface area (TPSA) is 21.3 Å². The highest BCUT2D eigenvalue weighted by Gasteiger charge is 2.42. The van der Waals surface area contributed by atoms with Gasteiger partial charge in [-0.15, -0.1) is 0 Å². The normalized spacial score (nSPS) is 38.2. The minimum absolute atomic E-state index is 0.345. The zero-order chi connectivity index (χ0) is 10.8. The van der Waals surface area contributed by atoms with E-state index >= 15 is 0 Å². The van der Waals surface area contributed by atoms with Crippen LogP contribution in [0, 0.1) is 5.92 Å². The summed E-state index contributed by atoms with van der Waals surface area (Å²) in [7, 11) is 0. The van der Waals surface area contributed by atoms with Crippen molar-refractivity contribution in [3.05, 3.63) is 0 Å². The summed E-state index contributed by atoms with van der Waals surface area (Å²) in [4.78, 5) is 0. The van der Waals surface area contributed by atoms with Crippen molar-refractivity contribution < 1.29 is 4.74 Å². The number of hydrogen-bond donors (Lipinski definition) is 1. The molecule has 2 atom stereocenters. The summed E-state index contributed by atoms with van der Waals surface area (Å²) in [5.74, 6) is 0.935. The maximum atomic E-state index is 6.00. The summed E-state index contributed by atoms with van der Waals surface area (Å²) in [6, 6.07) is 0.814. The molecule has 1 spiro atoms. The van der Waals surface area contributed by atoms with Crippen LogP contribution in [-0.4, -0.2) is 24.8 Å². The number of hydrogen-bond acceptors (Lipinski definition) is 2.